The number of fused-ring (bicyclic) bond motifs is 1. The Bertz CT molecular complexity index is 1240. The fourth-order valence-electron chi connectivity index (χ4n) is 7.17. The highest BCUT2D eigenvalue weighted by Gasteiger charge is 2.51. The molecule has 4 aliphatic carbocycles. The highest BCUT2D eigenvalue weighted by Crippen LogP contribution is 2.61. The predicted molar refractivity (Wildman–Crippen MR) is 138 cm³/mol. The Labute approximate surface area is 205 Å². The van der Waals surface area contributed by atoms with Gasteiger partial charge in [-0.3, -0.25) is 4.79 Å². The lowest BCUT2D eigenvalue weighted by molar-refractivity contribution is -0.127. The number of rotatable bonds is 4. The van der Waals surface area contributed by atoms with Gasteiger partial charge in [0.1, 0.15) is 11.0 Å². The van der Waals surface area contributed by atoms with E-state index in [9.17, 15) is 4.79 Å². The van der Waals surface area contributed by atoms with Crippen LogP contribution in [0.4, 0.5) is 5.69 Å². The van der Waals surface area contributed by atoms with E-state index in [0.717, 1.165) is 45.7 Å². The van der Waals surface area contributed by atoms with Gasteiger partial charge in [-0.25, -0.2) is 0 Å². The maximum Gasteiger partial charge on any atom is 0.226 e. The number of nitrogens with one attached hydrogen (secondary N) is 2. The van der Waals surface area contributed by atoms with Crippen molar-refractivity contribution >= 4 is 40.0 Å². The number of aryl methyl sites for hydroxylation is 2. The average molecular weight is 474 g/mol. The largest absolute Gasteiger partial charge is 0.332 e. The average Bonchev–Trinajstić information content (AvgIpc) is 3.15. The van der Waals surface area contributed by atoms with Crippen molar-refractivity contribution in [1.82, 2.24) is 20.3 Å². The number of carbonyl (C=O) groups excluding carboxylic acids is 1. The van der Waals surface area contributed by atoms with Gasteiger partial charge in [0.25, 0.3) is 0 Å². The topological polar surface area (TPSA) is 71.8 Å². The molecular formula is C27H31N5OS. The third-order valence-electron chi connectivity index (χ3n) is 8.19. The molecule has 0 aliphatic heterocycles. The molecule has 1 heterocycles. The molecule has 0 unspecified atom stereocenters. The summed E-state index contributed by atoms with van der Waals surface area (Å²) in [6, 6.07) is 12.1. The summed E-state index contributed by atoms with van der Waals surface area (Å²) < 4.78 is 0. The van der Waals surface area contributed by atoms with E-state index in [1.807, 2.05) is 43.3 Å². The Balaban J connectivity index is 1.13. The first kappa shape index (κ1) is 21.7. The van der Waals surface area contributed by atoms with E-state index in [1.165, 1.54) is 44.1 Å². The molecule has 34 heavy (non-hydrogen) atoms. The van der Waals surface area contributed by atoms with Crippen molar-refractivity contribution in [3.05, 3.63) is 47.5 Å². The standard InChI is InChI=1S/C27H31N5OS/c1-16-3-5-21(6-4-16)32-30-23-7-17(2)22(11-24(23)31-32)28-26(34)29-25(33)15-27-12-18-8-19(13-27)10-20(9-18)14-27/h3-7,11,18-20H,8-10,12-15H2,1-2H3,(H2,28,29,33,34). The number of hydrogen-bond acceptors (Lipinski definition) is 4. The Morgan fingerprint density at radius 1 is 1.00 bits per heavy atom. The number of aromatic nitrogens is 3. The molecule has 0 spiro atoms. The summed E-state index contributed by atoms with van der Waals surface area (Å²) in [4.78, 5) is 14.6. The number of thiocarbonyl (C=S) groups is 1. The van der Waals surface area contributed by atoms with Crippen LogP contribution in [-0.4, -0.2) is 26.0 Å². The normalized spacial score (nSPS) is 27.2. The van der Waals surface area contributed by atoms with Gasteiger partial charge in [0, 0.05) is 12.1 Å². The summed E-state index contributed by atoms with van der Waals surface area (Å²) in [5.74, 6) is 2.56. The van der Waals surface area contributed by atoms with Crippen LogP contribution in [-0.2, 0) is 4.79 Å². The van der Waals surface area contributed by atoms with Crippen LogP contribution in [0.3, 0.4) is 0 Å². The molecule has 4 bridgehead atoms. The SMILES string of the molecule is Cc1ccc(-n2nc3cc(C)c(NC(=S)NC(=O)CC45CC6CC(CC(C6)C4)C5)cc3n2)cc1. The van der Waals surface area contributed by atoms with Crippen molar-refractivity contribution in [2.45, 2.75) is 58.8 Å². The Morgan fingerprint density at radius 2 is 1.59 bits per heavy atom. The molecule has 6 nitrogen and oxygen atoms in total. The number of anilines is 1. The van der Waals surface area contributed by atoms with Gasteiger partial charge in [0.05, 0.1) is 5.69 Å². The lowest BCUT2D eigenvalue weighted by Crippen LogP contribution is -2.48. The van der Waals surface area contributed by atoms with Crippen molar-refractivity contribution in [2.75, 3.05) is 5.32 Å². The van der Waals surface area contributed by atoms with Gasteiger partial charge in [-0.2, -0.15) is 4.80 Å². The van der Waals surface area contributed by atoms with E-state index >= 15 is 0 Å². The van der Waals surface area contributed by atoms with Gasteiger partial charge in [-0.15, -0.1) is 10.2 Å². The zero-order chi connectivity index (χ0) is 23.4. The van der Waals surface area contributed by atoms with Gasteiger partial charge >= 0.3 is 0 Å². The maximum atomic E-state index is 12.9. The molecule has 4 saturated carbocycles. The molecule has 3 aromatic rings. The van der Waals surface area contributed by atoms with Crippen molar-refractivity contribution in [3.63, 3.8) is 0 Å². The van der Waals surface area contributed by atoms with Crippen LogP contribution in [0.25, 0.3) is 16.7 Å². The van der Waals surface area contributed by atoms with E-state index in [4.69, 9.17) is 12.2 Å². The van der Waals surface area contributed by atoms with Crippen LogP contribution in [0.2, 0.25) is 0 Å². The summed E-state index contributed by atoms with van der Waals surface area (Å²) in [5.41, 5.74) is 5.75. The minimum absolute atomic E-state index is 0.0449. The molecular weight excluding hydrogens is 442 g/mol. The molecule has 7 heteroatoms. The third-order valence-corrected chi connectivity index (χ3v) is 8.40. The lowest BCUT2D eigenvalue weighted by atomic mass is 9.49. The molecule has 1 amide bonds. The number of carbonyl (C=O) groups is 1. The van der Waals surface area contributed by atoms with Gasteiger partial charge < -0.3 is 10.6 Å². The molecule has 4 aliphatic rings. The molecule has 7 rings (SSSR count). The second-order valence-electron chi connectivity index (χ2n) is 11.1. The summed E-state index contributed by atoms with van der Waals surface area (Å²) >= 11 is 5.51. The third kappa shape index (κ3) is 4.11. The monoisotopic (exact) mass is 473 g/mol. The van der Waals surface area contributed by atoms with Crippen molar-refractivity contribution < 1.29 is 4.79 Å². The van der Waals surface area contributed by atoms with Crippen LogP contribution in [0, 0.1) is 37.0 Å². The van der Waals surface area contributed by atoms with Gasteiger partial charge in [-0.1, -0.05) is 17.7 Å². The predicted octanol–water partition coefficient (Wildman–Crippen LogP) is 5.46. The van der Waals surface area contributed by atoms with Crippen molar-refractivity contribution in [1.29, 1.82) is 0 Å². The van der Waals surface area contributed by atoms with Gasteiger partial charge in [0.15, 0.2) is 5.11 Å². The van der Waals surface area contributed by atoms with Crippen molar-refractivity contribution in [2.24, 2.45) is 23.2 Å². The van der Waals surface area contributed by atoms with Gasteiger partial charge in [0.2, 0.25) is 5.91 Å². The van der Waals surface area contributed by atoms with Gasteiger partial charge in [-0.05, 0) is 118 Å². The molecule has 2 N–H and O–H groups in total. The summed E-state index contributed by atoms with van der Waals surface area (Å²) in [6.07, 6.45) is 8.42. The smallest absolute Gasteiger partial charge is 0.226 e. The zero-order valence-electron chi connectivity index (χ0n) is 19.8. The van der Waals surface area contributed by atoms with Crippen molar-refractivity contribution in [3.8, 4) is 5.69 Å². The van der Waals surface area contributed by atoms with Crippen LogP contribution in [0.5, 0.6) is 0 Å². The van der Waals surface area contributed by atoms with Crippen LogP contribution >= 0.6 is 12.2 Å². The lowest BCUT2D eigenvalue weighted by Gasteiger charge is -2.56. The Hall–Kier alpha value is -2.80. The number of nitrogens with zero attached hydrogens (tertiary/aromatic N) is 3. The molecule has 176 valence electrons. The minimum Gasteiger partial charge on any atom is -0.332 e. The fourth-order valence-corrected chi connectivity index (χ4v) is 7.39. The highest BCUT2D eigenvalue weighted by atomic mass is 32.1. The first-order valence-corrected chi connectivity index (χ1v) is 12.8. The van der Waals surface area contributed by atoms with Crippen LogP contribution < -0.4 is 10.6 Å². The minimum atomic E-state index is 0.0449. The van der Waals surface area contributed by atoms with E-state index in [0.29, 0.717) is 11.5 Å². The highest BCUT2D eigenvalue weighted by molar-refractivity contribution is 7.80. The molecule has 4 fully saturated rings. The second-order valence-corrected chi connectivity index (χ2v) is 11.5. The maximum absolute atomic E-state index is 12.9. The first-order chi connectivity index (χ1) is 16.3. The van der Waals surface area contributed by atoms with Crippen LogP contribution in [0.15, 0.2) is 36.4 Å². The van der Waals surface area contributed by atoms with E-state index < -0.39 is 0 Å². The number of amides is 1. The molecule has 1 aromatic heterocycles. The van der Waals surface area contributed by atoms with E-state index in [2.05, 4.69) is 27.8 Å². The summed E-state index contributed by atoms with van der Waals surface area (Å²) in [6.45, 7) is 4.06. The Kier molecular flexibility index (Phi) is 5.21. The zero-order valence-corrected chi connectivity index (χ0v) is 20.6. The summed E-state index contributed by atoms with van der Waals surface area (Å²) in [7, 11) is 0. The number of benzene rings is 2. The number of hydrogen-bond donors (Lipinski definition) is 2. The molecule has 0 saturated heterocycles. The molecule has 0 atom stereocenters. The molecule has 0 radical (unpaired) electrons. The van der Waals surface area contributed by atoms with E-state index in [1.54, 1.807) is 4.80 Å². The first-order valence-electron chi connectivity index (χ1n) is 12.4. The fraction of sp³-hybridized carbons (Fsp3) is 0.481. The van der Waals surface area contributed by atoms with E-state index in [-0.39, 0.29) is 11.3 Å². The quantitative estimate of drug-likeness (QED) is 0.493. The Morgan fingerprint density at radius 3 is 2.21 bits per heavy atom. The second kappa shape index (κ2) is 8.15. The summed E-state index contributed by atoms with van der Waals surface area (Å²) in [5, 5.41) is 15.8. The molecule has 2 aromatic carbocycles. The van der Waals surface area contributed by atoms with Crippen LogP contribution in [0.1, 0.15) is 56.1 Å².